The van der Waals surface area contributed by atoms with Crippen LogP contribution in [0.5, 0.6) is 0 Å². The minimum absolute atomic E-state index is 0.177. The first-order valence-corrected chi connectivity index (χ1v) is 7.56. The maximum Gasteiger partial charge on any atom is 0.270 e. The molecule has 6 heteroatoms. The molecule has 0 saturated heterocycles. The van der Waals surface area contributed by atoms with Crippen molar-refractivity contribution < 1.29 is 4.79 Å². The maximum atomic E-state index is 12.1. The Labute approximate surface area is 137 Å². The van der Waals surface area contributed by atoms with Crippen molar-refractivity contribution >= 4 is 11.7 Å². The second-order valence-electron chi connectivity index (χ2n) is 5.66. The predicted octanol–water partition coefficient (Wildman–Crippen LogP) is 1.40. The minimum atomic E-state index is -0.177. The van der Waals surface area contributed by atoms with Gasteiger partial charge < -0.3 is 15.1 Å². The minimum Gasteiger partial charge on any atom is -0.355 e. The summed E-state index contributed by atoms with van der Waals surface area (Å²) in [5, 5.41) is 2.86. The summed E-state index contributed by atoms with van der Waals surface area (Å²) in [6, 6.07) is 11.8. The lowest BCUT2D eigenvalue weighted by Gasteiger charge is -2.18. The molecule has 0 radical (unpaired) electrons. The maximum absolute atomic E-state index is 12.1. The average Bonchev–Trinajstić information content (AvgIpc) is 2.55. The molecule has 2 rings (SSSR count). The second-order valence-corrected chi connectivity index (χ2v) is 5.66. The van der Waals surface area contributed by atoms with E-state index in [-0.39, 0.29) is 5.91 Å². The standard InChI is InChI=1S/C17H23N5O/c1-21(2)10-9-18-17(23)15-11-16(20-13-19-15)22(3)12-14-7-5-4-6-8-14/h4-8,11,13H,9-10,12H2,1-3H3,(H,18,23). The molecule has 6 nitrogen and oxygen atoms in total. The van der Waals surface area contributed by atoms with E-state index in [1.807, 2.05) is 49.1 Å². The number of hydrogen-bond donors (Lipinski definition) is 1. The molecule has 1 aromatic heterocycles. The third kappa shape index (κ3) is 5.34. The third-order valence-corrected chi connectivity index (χ3v) is 3.38. The molecule has 0 aliphatic carbocycles. The predicted molar refractivity (Wildman–Crippen MR) is 91.5 cm³/mol. The van der Waals surface area contributed by atoms with Crippen molar-refractivity contribution in [2.75, 3.05) is 39.1 Å². The van der Waals surface area contributed by atoms with E-state index >= 15 is 0 Å². The quantitative estimate of drug-likeness (QED) is 0.837. The zero-order chi connectivity index (χ0) is 16.7. The van der Waals surface area contributed by atoms with Gasteiger partial charge in [0.2, 0.25) is 0 Å². The summed E-state index contributed by atoms with van der Waals surface area (Å²) in [5.74, 6) is 0.547. The van der Waals surface area contributed by atoms with Crippen LogP contribution < -0.4 is 10.2 Å². The van der Waals surface area contributed by atoms with Crippen LogP contribution in [-0.2, 0) is 6.54 Å². The molecule has 2 aromatic rings. The Morgan fingerprint density at radius 1 is 1.13 bits per heavy atom. The van der Waals surface area contributed by atoms with Crippen molar-refractivity contribution in [1.82, 2.24) is 20.2 Å². The zero-order valence-corrected chi connectivity index (χ0v) is 13.9. The lowest BCUT2D eigenvalue weighted by atomic mass is 10.2. The SMILES string of the molecule is CN(C)CCNC(=O)c1cc(N(C)Cc2ccccc2)ncn1. The molecule has 0 aliphatic heterocycles. The Kier molecular flexibility index (Phi) is 6.05. The summed E-state index contributed by atoms with van der Waals surface area (Å²) >= 11 is 0. The van der Waals surface area contributed by atoms with Crippen LogP contribution in [0, 0.1) is 0 Å². The van der Waals surface area contributed by atoms with Gasteiger partial charge in [-0.1, -0.05) is 30.3 Å². The fraction of sp³-hybridized carbons (Fsp3) is 0.353. The van der Waals surface area contributed by atoms with Gasteiger partial charge in [-0.3, -0.25) is 4.79 Å². The van der Waals surface area contributed by atoms with Gasteiger partial charge in [0.15, 0.2) is 0 Å². The summed E-state index contributed by atoms with van der Waals surface area (Å²) in [7, 11) is 5.88. The van der Waals surface area contributed by atoms with Crippen LogP contribution in [0.4, 0.5) is 5.82 Å². The van der Waals surface area contributed by atoms with Crippen LogP contribution in [0.25, 0.3) is 0 Å². The molecule has 0 bridgehead atoms. The van der Waals surface area contributed by atoms with E-state index in [1.54, 1.807) is 6.07 Å². The Balaban J connectivity index is 1.99. The van der Waals surface area contributed by atoms with E-state index < -0.39 is 0 Å². The molecule has 0 spiro atoms. The van der Waals surface area contributed by atoms with Gasteiger partial charge in [0, 0.05) is 32.7 Å². The fourth-order valence-corrected chi connectivity index (χ4v) is 2.10. The van der Waals surface area contributed by atoms with Gasteiger partial charge in [-0.2, -0.15) is 0 Å². The Hall–Kier alpha value is -2.47. The Morgan fingerprint density at radius 3 is 2.57 bits per heavy atom. The number of aromatic nitrogens is 2. The molecular weight excluding hydrogens is 290 g/mol. The van der Waals surface area contributed by atoms with E-state index in [0.29, 0.717) is 12.2 Å². The van der Waals surface area contributed by atoms with Crippen molar-refractivity contribution in [3.8, 4) is 0 Å². The van der Waals surface area contributed by atoms with Gasteiger partial charge in [0.1, 0.15) is 17.8 Å². The van der Waals surface area contributed by atoms with Gasteiger partial charge >= 0.3 is 0 Å². The van der Waals surface area contributed by atoms with Gasteiger partial charge in [-0.25, -0.2) is 9.97 Å². The summed E-state index contributed by atoms with van der Waals surface area (Å²) in [6.45, 7) is 2.10. The number of anilines is 1. The normalized spacial score (nSPS) is 10.6. The first kappa shape index (κ1) is 16.9. The van der Waals surface area contributed by atoms with Crippen molar-refractivity contribution in [3.63, 3.8) is 0 Å². The van der Waals surface area contributed by atoms with Gasteiger partial charge in [0.05, 0.1) is 0 Å². The highest BCUT2D eigenvalue weighted by Crippen LogP contribution is 2.12. The van der Waals surface area contributed by atoms with Crippen LogP contribution in [0.1, 0.15) is 16.1 Å². The monoisotopic (exact) mass is 313 g/mol. The van der Waals surface area contributed by atoms with Gasteiger partial charge in [-0.05, 0) is 19.7 Å². The molecule has 23 heavy (non-hydrogen) atoms. The molecule has 0 aliphatic rings. The van der Waals surface area contributed by atoms with Crippen LogP contribution in [0.2, 0.25) is 0 Å². The summed E-state index contributed by atoms with van der Waals surface area (Å²) in [6.07, 6.45) is 1.43. The highest BCUT2D eigenvalue weighted by atomic mass is 16.1. The van der Waals surface area contributed by atoms with E-state index in [0.717, 1.165) is 18.9 Å². The van der Waals surface area contributed by atoms with Crippen molar-refractivity contribution in [3.05, 3.63) is 54.0 Å². The number of nitrogens with zero attached hydrogens (tertiary/aromatic N) is 4. The van der Waals surface area contributed by atoms with Crippen LogP contribution >= 0.6 is 0 Å². The van der Waals surface area contributed by atoms with Crippen molar-refractivity contribution in [2.45, 2.75) is 6.54 Å². The van der Waals surface area contributed by atoms with E-state index in [2.05, 4.69) is 27.4 Å². The third-order valence-electron chi connectivity index (χ3n) is 3.38. The van der Waals surface area contributed by atoms with Crippen LogP contribution in [0.15, 0.2) is 42.7 Å². The van der Waals surface area contributed by atoms with Gasteiger partial charge in [0.25, 0.3) is 5.91 Å². The average molecular weight is 313 g/mol. The molecule has 0 unspecified atom stereocenters. The highest BCUT2D eigenvalue weighted by Gasteiger charge is 2.11. The number of carbonyl (C=O) groups is 1. The van der Waals surface area contributed by atoms with E-state index in [9.17, 15) is 4.79 Å². The summed E-state index contributed by atoms with van der Waals surface area (Å²) in [4.78, 5) is 24.4. The number of benzene rings is 1. The summed E-state index contributed by atoms with van der Waals surface area (Å²) < 4.78 is 0. The fourth-order valence-electron chi connectivity index (χ4n) is 2.10. The molecule has 0 atom stereocenters. The molecule has 1 amide bonds. The van der Waals surface area contributed by atoms with Crippen LogP contribution in [-0.4, -0.2) is 55.0 Å². The molecule has 122 valence electrons. The first-order chi connectivity index (χ1) is 11.1. The number of likely N-dealkylation sites (N-methyl/N-ethyl adjacent to an activating group) is 1. The topological polar surface area (TPSA) is 61.4 Å². The van der Waals surface area contributed by atoms with E-state index in [4.69, 9.17) is 0 Å². The first-order valence-electron chi connectivity index (χ1n) is 7.56. The number of rotatable bonds is 7. The number of hydrogen-bond acceptors (Lipinski definition) is 5. The molecule has 1 aromatic carbocycles. The smallest absolute Gasteiger partial charge is 0.270 e. The largest absolute Gasteiger partial charge is 0.355 e. The molecular formula is C17H23N5O. The lowest BCUT2D eigenvalue weighted by Crippen LogP contribution is -2.32. The highest BCUT2D eigenvalue weighted by molar-refractivity contribution is 5.92. The molecule has 1 heterocycles. The number of nitrogens with one attached hydrogen (secondary N) is 1. The molecule has 0 fully saturated rings. The van der Waals surface area contributed by atoms with Crippen LogP contribution in [0.3, 0.4) is 0 Å². The van der Waals surface area contributed by atoms with E-state index in [1.165, 1.54) is 11.9 Å². The van der Waals surface area contributed by atoms with Crippen molar-refractivity contribution in [2.24, 2.45) is 0 Å². The zero-order valence-electron chi connectivity index (χ0n) is 13.9. The second kappa shape index (κ2) is 8.24. The number of carbonyl (C=O) groups excluding carboxylic acids is 1. The molecule has 1 N–H and O–H groups in total. The number of amides is 1. The lowest BCUT2D eigenvalue weighted by molar-refractivity contribution is 0.0946. The van der Waals surface area contributed by atoms with Gasteiger partial charge in [-0.15, -0.1) is 0 Å². The Morgan fingerprint density at radius 2 is 1.87 bits per heavy atom. The summed E-state index contributed by atoms with van der Waals surface area (Å²) in [5.41, 5.74) is 1.57. The molecule has 0 saturated carbocycles. The van der Waals surface area contributed by atoms with Crippen molar-refractivity contribution in [1.29, 1.82) is 0 Å². The Bertz CT molecular complexity index is 630.